The van der Waals surface area contributed by atoms with Crippen molar-refractivity contribution in [2.75, 3.05) is 7.11 Å². The number of rotatable bonds is 2. The Labute approximate surface area is 198 Å². The molecule has 1 N–H and O–H groups in total. The summed E-state index contributed by atoms with van der Waals surface area (Å²) in [7, 11) is 1.37. The van der Waals surface area contributed by atoms with Gasteiger partial charge in [-0.1, -0.05) is 54.6 Å². The standard InChI is InChI=1S/C28H16O7/c1-34-19-12-13(10-11-18(19)29)20-21-23(30)14-6-2-4-8-16(14)25(32)27(21)35-28-22(20)24(31)15-7-3-5-9-17(15)26(28)33/h2-12,20,29H,1H3. The molecule has 0 spiro atoms. The normalized spacial score (nSPS) is 16.9. The molecular formula is C28H16O7. The minimum atomic E-state index is -1.09. The molecule has 0 unspecified atom stereocenters. The summed E-state index contributed by atoms with van der Waals surface area (Å²) in [5, 5.41) is 10.1. The molecule has 0 fully saturated rings. The lowest BCUT2D eigenvalue weighted by molar-refractivity contribution is 0.0821. The molecule has 3 aromatic carbocycles. The van der Waals surface area contributed by atoms with Gasteiger partial charge in [0.1, 0.15) is 0 Å². The van der Waals surface area contributed by atoms with Crippen LogP contribution in [0.4, 0.5) is 0 Å². The predicted molar refractivity (Wildman–Crippen MR) is 123 cm³/mol. The first-order chi connectivity index (χ1) is 16.9. The first kappa shape index (κ1) is 20.8. The highest BCUT2D eigenvalue weighted by Crippen LogP contribution is 2.49. The second-order valence-electron chi connectivity index (χ2n) is 8.36. The van der Waals surface area contributed by atoms with E-state index in [9.17, 15) is 24.3 Å². The fraction of sp³-hybridized carbons (Fsp3) is 0.0714. The summed E-state index contributed by atoms with van der Waals surface area (Å²) in [4.78, 5) is 54.3. The minimum absolute atomic E-state index is 0.0271. The van der Waals surface area contributed by atoms with Gasteiger partial charge in [-0.05, 0) is 17.7 Å². The van der Waals surface area contributed by atoms with Crippen LogP contribution < -0.4 is 4.74 Å². The maximum atomic E-state index is 13.7. The quantitative estimate of drug-likeness (QED) is 0.606. The second kappa shape index (κ2) is 7.36. The molecule has 0 amide bonds. The average molecular weight is 464 g/mol. The number of carbonyl (C=O) groups excluding carboxylic acids is 4. The average Bonchev–Trinajstić information content (AvgIpc) is 2.89. The molecule has 1 heterocycles. The van der Waals surface area contributed by atoms with Crippen LogP contribution in [0.1, 0.15) is 52.9 Å². The zero-order chi connectivity index (χ0) is 24.4. The van der Waals surface area contributed by atoms with Crippen LogP contribution in [0, 0.1) is 0 Å². The maximum absolute atomic E-state index is 13.7. The van der Waals surface area contributed by atoms with Gasteiger partial charge in [0.05, 0.1) is 18.3 Å². The van der Waals surface area contributed by atoms with E-state index in [0.717, 1.165) is 0 Å². The number of Topliss-reactive ketones (excluding diaryl/α,β-unsaturated/α-hetero) is 4. The summed E-state index contributed by atoms with van der Waals surface area (Å²) in [6, 6.07) is 17.1. The van der Waals surface area contributed by atoms with Crippen LogP contribution in [0.3, 0.4) is 0 Å². The Kier molecular flexibility index (Phi) is 4.38. The molecule has 170 valence electrons. The second-order valence-corrected chi connectivity index (χ2v) is 8.36. The van der Waals surface area contributed by atoms with E-state index < -0.39 is 29.1 Å². The number of ketones is 4. The van der Waals surface area contributed by atoms with Crippen LogP contribution in [0.2, 0.25) is 0 Å². The van der Waals surface area contributed by atoms with Crippen LogP contribution in [-0.4, -0.2) is 35.3 Å². The number of hydrogen-bond donors (Lipinski definition) is 1. The van der Waals surface area contributed by atoms with Crippen molar-refractivity contribution in [1.29, 1.82) is 0 Å². The first-order valence-corrected chi connectivity index (χ1v) is 10.8. The van der Waals surface area contributed by atoms with Crippen LogP contribution in [0.15, 0.2) is 89.4 Å². The van der Waals surface area contributed by atoms with Crippen molar-refractivity contribution in [3.8, 4) is 11.5 Å². The molecule has 0 atom stereocenters. The van der Waals surface area contributed by atoms with Crippen LogP contribution in [-0.2, 0) is 4.74 Å². The van der Waals surface area contributed by atoms with E-state index in [-0.39, 0.29) is 56.4 Å². The van der Waals surface area contributed by atoms with Gasteiger partial charge in [-0.25, -0.2) is 0 Å². The number of benzene rings is 3. The number of ether oxygens (including phenoxy) is 2. The minimum Gasteiger partial charge on any atom is -0.504 e. The third-order valence-electron chi connectivity index (χ3n) is 6.54. The summed E-state index contributed by atoms with van der Waals surface area (Å²) < 4.78 is 11.1. The first-order valence-electron chi connectivity index (χ1n) is 10.8. The smallest absolute Gasteiger partial charge is 0.229 e. The Hall–Kier alpha value is -4.78. The lowest BCUT2D eigenvalue weighted by atomic mass is 9.70. The number of methoxy groups -OCH3 is 1. The van der Waals surface area contributed by atoms with Crippen LogP contribution in [0.5, 0.6) is 11.5 Å². The summed E-state index contributed by atoms with van der Waals surface area (Å²) in [5.41, 5.74) is 1.05. The zero-order valence-corrected chi connectivity index (χ0v) is 18.3. The number of hydrogen-bond acceptors (Lipinski definition) is 7. The highest BCUT2D eigenvalue weighted by molar-refractivity contribution is 6.32. The van der Waals surface area contributed by atoms with Crippen molar-refractivity contribution in [3.05, 3.63) is 117 Å². The Morgan fingerprint density at radius 3 is 1.60 bits per heavy atom. The molecule has 0 saturated heterocycles. The van der Waals surface area contributed by atoms with Gasteiger partial charge >= 0.3 is 0 Å². The van der Waals surface area contributed by atoms with Crippen molar-refractivity contribution >= 4 is 23.1 Å². The van der Waals surface area contributed by atoms with Gasteiger partial charge in [-0.2, -0.15) is 0 Å². The van der Waals surface area contributed by atoms with E-state index in [2.05, 4.69) is 0 Å². The summed E-state index contributed by atoms with van der Waals surface area (Å²) >= 11 is 0. The van der Waals surface area contributed by atoms with Gasteiger partial charge in [-0.15, -0.1) is 0 Å². The van der Waals surface area contributed by atoms with E-state index in [1.165, 1.54) is 37.4 Å². The fourth-order valence-electron chi connectivity index (χ4n) is 4.92. The van der Waals surface area contributed by atoms with Crippen molar-refractivity contribution < 1.29 is 33.8 Å². The third-order valence-corrected chi connectivity index (χ3v) is 6.54. The van der Waals surface area contributed by atoms with Crippen molar-refractivity contribution in [2.45, 2.75) is 5.92 Å². The van der Waals surface area contributed by atoms with E-state index >= 15 is 0 Å². The number of carbonyl (C=O) groups is 4. The lowest BCUT2D eigenvalue weighted by Gasteiger charge is -2.35. The molecule has 35 heavy (non-hydrogen) atoms. The monoisotopic (exact) mass is 464 g/mol. The maximum Gasteiger partial charge on any atom is 0.229 e. The molecule has 7 nitrogen and oxygen atoms in total. The largest absolute Gasteiger partial charge is 0.504 e. The van der Waals surface area contributed by atoms with Crippen molar-refractivity contribution in [1.82, 2.24) is 0 Å². The molecule has 3 aliphatic rings. The molecule has 2 aliphatic carbocycles. The van der Waals surface area contributed by atoms with Gasteiger partial charge in [0.25, 0.3) is 0 Å². The van der Waals surface area contributed by atoms with E-state index in [1.54, 1.807) is 36.4 Å². The van der Waals surface area contributed by atoms with E-state index in [0.29, 0.717) is 5.56 Å². The zero-order valence-electron chi connectivity index (χ0n) is 18.3. The van der Waals surface area contributed by atoms with Crippen molar-refractivity contribution in [2.24, 2.45) is 0 Å². The fourth-order valence-corrected chi connectivity index (χ4v) is 4.92. The molecule has 1 aliphatic heterocycles. The number of fused-ring (bicyclic) bond motifs is 2. The Bertz CT molecular complexity index is 1500. The Morgan fingerprint density at radius 2 is 1.14 bits per heavy atom. The molecule has 0 bridgehead atoms. The highest BCUT2D eigenvalue weighted by atomic mass is 16.5. The number of phenolic OH excluding ortho intramolecular Hbond substituents is 1. The molecule has 3 aromatic rings. The summed E-state index contributed by atoms with van der Waals surface area (Å²) in [6.45, 7) is 0. The molecule has 6 rings (SSSR count). The summed E-state index contributed by atoms with van der Waals surface area (Å²) in [6.07, 6.45) is 0. The molecule has 7 heteroatoms. The summed E-state index contributed by atoms with van der Waals surface area (Å²) in [5.74, 6) is -3.69. The number of allylic oxidation sites excluding steroid dienone is 4. The van der Waals surface area contributed by atoms with E-state index in [1.807, 2.05) is 0 Å². The van der Waals surface area contributed by atoms with Crippen LogP contribution >= 0.6 is 0 Å². The van der Waals surface area contributed by atoms with Gasteiger partial charge in [0.2, 0.25) is 11.6 Å². The van der Waals surface area contributed by atoms with Gasteiger partial charge in [0.15, 0.2) is 34.6 Å². The molecule has 0 aromatic heterocycles. The van der Waals surface area contributed by atoms with Crippen molar-refractivity contribution in [3.63, 3.8) is 0 Å². The molecular weight excluding hydrogens is 448 g/mol. The highest BCUT2D eigenvalue weighted by Gasteiger charge is 2.49. The molecule has 0 saturated carbocycles. The van der Waals surface area contributed by atoms with Gasteiger partial charge < -0.3 is 14.6 Å². The predicted octanol–water partition coefficient (Wildman–Crippen LogP) is 4.18. The Morgan fingerprint density at radius 1 is 0.686 bits per heavy atom. The number of aromatic hydroxyl groups is 1. The Balaban J connectivity index is 1.65. The SMILES string of the molecule is COc1cc(C2C3=C(OC4=C2C(=O)c2ccccc2C4=O)C(=O)c2ccccc2C3=O)ccc1O. The number of phenols is 1. The van der Waals surface area contributed by atoms with Gasteiger partial charge in [-0.3, -0.25) is 19.2 Å². The topological polar surface area (TPSA) is 107 Å². The van der Waals surface area contributed by atoms with Gasteiger partial charge in [0, 0.05) is 28.2 Å². The molecule has 0 radical (unpaired) electrons. The van der Waals surface area contributed by atoms with Crippen LogP contribution in [0.25, 0.3) is 0 Å². The lowest BCUT2D eigenvalue weighted by Crippen LogP contribution is -2.36. The van der Waals surface area contributed by atoms with E-state index in [4.69, 9.17) is 9.47 Å². The third kappa shape index (κ3) is 2.78.